The maximum atomic E-state index is 12.4. The summed E-state index contributed by atoms with van der Waals surface area (Å²) >= 11 is -2.35. The van der Waals surface area contributed by atoms with Gasteiger partial charge in [-0.15, -0.1) is 0 Å². The fraction of sp³-hybridized carbons (Fsp3) is 0.944. The third kappa shape index (κ3) is 10.6. The standard InChI is InChI=1S/C6H11O2.3C4H9.Sn/c1-5(7)8-6(2,3)4;3*1-3-4-2;/h1H2,2-4H3;3*1,3-4H2,2H3;. The summed E-state index contributed by atoms with van der Waals surface area (Å²) in [6.45, 7) is 12.7. The van der Waals surface area contributed by atoms with E-state index in [2.05, 4.69) is 20.8 Å². The Morgan fingerprint density at radius 1 is 0.857 bits per heavy atom. The Bertz CT molecular complexity index is 260. The van der Waals surface area contributed by atoms with Crippen molar-refractivity contribution < 1.29 is 9.53 Å². The summed E-state index contributed by atoms with van der Waals surface area (Å²) in [6.07, 6.45) is 7.70. The molecule has 0 fully saturated rings. The molecule has 0 aliphatic heterocycles. The molecule has 3 heteroatoms. The molecule has 0 saturated carbocycles. The molecule has 0 atom stereocenters. The third-order valence-corrected chi connectivity index (χ3v) is 19.2. The number of hydrogen-bond donors (Lipinski definition) is 0. The topological polar surface area (TPSA) is 26.3 Å². The molecule has 0 bridgehead atoms. The van der Waals surface area contributed by atoms with Gasteiger partial charge >= 0.3 is 137 Å². The molecule has 0 heterocycles. The quantitative estimate of drug-likeness (QED) is 0.303. The Labute approximate surface area is 137 Å². The minimum absolute atomic E-state index is 0.0848. The monoisotopic (exact) mass is 406 g/mol. The number of hydrogen-bond acceptors (Lipinski definition) is 2. The van der Waals surface area contributed by atoms with Crippen LogP contribution in [0.4, 0.5) is 0 Å². The van der Waals surface area contributed by atoms with Crippen LogP contribution in [0, 0.1) is 0 Å². The summed E-state index contributed by atoms with van der Waals surface area (Å²) in [4.78, 5) is 12.4. The Morgan fingerprint density at radius 2 is 1.24 bits per heavy atom. The summed E-state index contributed by atoms with van der Waals surface area (Å²) in [5.74, 6) is 0.0848. The zero-order chi connectivity index (χ0) is 16.4. The van der Waals surface area contributed by atoms with E-state index >= 15 is 0 Å². The van der Waals surface area contributed by atoms with Crippen LogP contribution >= 0.6 is 0 Å². The van der Waals surface area contributed by atoms with Crippen LogP contribution in [-0.4, -0.2) is 29.9 Å². The molecular formula is C18H38O2Sn. The van der Waals surface area contributed by atoms with Crippen LogP contribution in [0.3, 0.4) is 0 Å². The van der Waals surface area contributed by atoms with Gasteiger partial charge in [0.05, 0.1) is 0 Å². The van der Waals surface area contributed by atoms with Crippen molar-refractivity contribution in [1.82, 2.24) is 0 Å². The Balaban J connectivity index is 4.88. The molecule has 21 heavy (non-hydrogen) atoms. The summed E-state index contributed by atoms with van der Waals surface area (Å²) in [5, 5.41) is 0. The van der Waals surface area contributed by atoms with Crippen molar-refractivity contribution in [3.63, 3.8) is 0 Å². The fourth-order valence-electron chi connectivity index (χ4n) is 2.98. The van der Waals surface area contributed by atoms with E-state index < -0.39 is 18.4 Å². The van der Waals surface area contributed by atoms with Crippen molar-refractivity contribution in [3.05, 3.63) is 0 Å². The van der Waals surface area contributed by atoms with E-state index in [9.17, 15) is 4.79 Å². The van der Waals surface area contributed by atoms with Gasteiger partial charge in [-0.2, -0.15) is 0 Å². The molecule has 0 aromatic heterocycles. The van der Waals surface area contributed by atoms with Crippen molar-refractivity contribution in [2.24, 2.45) is 0 Å². The molecule has 0 unspecified atom stereocenters. The van der Waals surface area contributed by atoms with Crippen molar-refractivity contribution in [3.8, 4) is 0 Å². The summed E-state index contributed by atoms with van der Waals surface area (Å²) in [5.41, 5.74) is -0.338. The average molecular weight is 405 g/mol. The first-order valence-electron chi connectivity index (χ1n) is 9.00. The average Bonchev–Trinajstić information content (AvgIpc) is 2.38. The molecule has 126 valence electrons. The normalized spacial score (nSPS) is 12.5. The van der Waals surface area contributed by atoms with E-state index in [4.69, 9.17) is 4.74 Å². The molecule has 0 aromatic rings. The molecule has 0 aliphatic carbocycles. The Kier molecular flexibility index (Phi) is 11.0. The van der Waals surface area contributed by atoms with Crippen LogP contribution in [0.1, 0.15) is 80.1 Å². The molecule has 0 spiro atoms. The second-order valence-electron chi connectivity index (χ2n) is 7.57. The number of ether oxygens (including phenoxy) is 1. The van der Waals surface area contributed by atoms with Gasteiger partial charge in [0.15, 0.2) is 0 Å². The van der Waals surface area contributed by atoms with Gasteiger partial charge in [-0.3, -0.25) is 0 Å². The number of esters is 1. The zero-order valence-electron chi connectivity index (χ0n) is 15.4. The number of unbranched alkanes of at least 4 members (excludes halogenated alkanes) is 3. The Hall–Kier alpha value is 0.269. The van der Waals surface area contributed by atoms with E-state index in [1.54, 1.807) is 0 Å². The van der Waals surface area contributed by atoms with Crippen LogP contribution < -0.4 is 0 Å². The molecular weight excluding hydrogens is 367 g/mol. The summed E-state index contributed by atoms with van der Waals surface area (Å²) in [7, 11) is 0. The van der Waals surface area contributed by atoms with Gasteiger partial charge in [0.2, 0.25) is 0 Å². The van der Waals surface area contributed by atoms with Gasteiger partial charge < -0.3 is 0 Å². The van der Waals surface area contributed by atoms with Gasteiger partial charge in [-0.05, 0) is 0 Å². The second-order valence-corrected chi connectivity index (χ2v) is 21.4. The zero-order valence-corrected chi connectivity index (χ0v) is 18.2. The van der Waals surface area contributed by atoms with E-state index in [0.29, 0.717) is 0 Å². The molecule has 0 aliphatic rings. The van der Waals surface area contributed by atoms with E-state index in [1.807, 2.05) is 20.8 Å². The van der Waals surface area contributed by atoms with Gasteiger partial charge in [-0.1, -0.05) is 0 Å². The van der Waals surface area contributed by atoms with Crippen LogP contribution in [-0.2, 0) is 9.53 Å². The van der Waals surface area contributed by atoms with Gasteiger partial charge in [0.25, 0.3) is 0 Å². The van der Waals surface area contributed by atoms with Crippen LogP contribution in [0.2, 0.25) is 17.7 Å². The number of carbonyl (C=O) groups is 1. The van der Waals surface area contributed by atoms with Crippen molar-refractivity contribution in [1.29, 1.82) is 0 Å². The van der Waals surface area contributed by atoms with Gasteiger partial charge in [-0.25, -0.2) is 0 Å². The van der Waals surface area contributed by atoms with Crippen molar-refractivity contribution in [2.75, 3.05) is 0 Å². The van der Waals surface area contributed by atoms with Crippen molar-refractivity contribution >= 4 is 24.3 Å². The van der Waals surface area contributed by atoms with Crippen molar-refractivity contribution in [2.45, 2.75) is 103 Å². The fourth-order valence-corrected chi connectivity index (χ4v) is 18.0. The second kappa shape index (κ2) is 10.9. The van der Waals surface area contributed by atoms with Crippen LogP contribution in [0.15, 0.2) is 0 Å². The van der Waals surface area contributed by atoms with Gasteiger partial charge in [0, 0.05) is 0 Å². The first kappa shape index (κ1) is 21.3. The van der Waals surface area contributed by atoms with E-state index in [1.165, 1.54) is 51.8 Å². The summed E-state index contributed by atoms with van der Waals surface area (Å²) < 4.78 is 10.6. The van der Waals surface area contributed by atoms with Gasteiger partial charge in [0.1, 0.15) is 0 Å². The molecule has 0 aromatic carbocycles. The number of carbonyl (C=O) groups excluding carboxylic acids is 1. The molecule has 0 amide bonds. The predicted octanol–water partition coefficient (Wildman–Crippen LogP) is 6.18. The molecule has 0 saturated heterocycles. The summed E-state index contributed by atoms with van der Waals surface area (Å²) in [6, 6.07) is 0. The van der Waals surface area contributed by atoms with E-state index in [-0.39, 0.29) is 11.6 Å². The minimum atomic E-state index is -2.35. The molecule has 0 N–H and O–H groups in total. The van der Waals surface area contributed by atoms with Crippen LogP contribution in [0.25, 0.3) is 0 Å². The molecule has 0 rings (SSSR count). The maximum absolute atomic E-state index is 12.4. The predicted molar refractivity (Wildman–Crippen MR) is 95.6 cm³/mol. The first-order valence-corrected chi connectivity index (χ1v) is 17.1. The first-order chi connectivity index (χ1) is 9.78. The number of rotatable bonds is 11. The molecule has 0 radical (unpaired) electrons. The van der Waals surface area contributed by atoms with Crippen LogP contribution in [0.5, 0.6) is 0 Å². The third-order valence-electron chi connectivity index (χ3n) is 4.12. The molecule has 2 nitrogen and oxygen atoms in total. The SMILES string of the molecule is CCC[CH2][Sn]([CH2]CCC)([CH2]CCC)[CH2]C(=O)OC(C)(C)C. The Morgan fingerprint density at radius 3 is 1.52 bits per heavy atom. The van der Waals surface area contributed by atoms with E-state index in [0.717, 1.165) is 4.44 Å².